The Bertz CT molecular complexity index is 625. The van der Waals surface area contributed by atoms with Crippen LogP contribution in [0.1, 0.15) is 32.3 Å². The second-order valence-corrected chi connectivity index (χ2v) is 7.23. The van der Waals surface area contributed by atoms with E-state index in [9.17, 15) is 13.2 Å². The first-order valence-corrected chi connectivity index (χ1v) is 9.36. The fraction of sp³-hybridized carbons (Fsp3) is 0.562. The lowest BCUT2D eigenvalue weighted by atomic mass is 10.2. The van der Waals surface area contributed by atoms with Crippen LogP contribution in [0.25, 0.3) is 0 Å². The lowest BCUT2D eigenvalue weighted by Gasteiger charge is -2.20. The van der Waals surface area contributed by atoms with Gasteiger partial charge in [0.15, 0.2) is 0 Å². The molecule has 7 heteroatoms. The summed E-state index contributed by atoms with van der Waals surface area (Å²) in [6, 6.07) is 4.99. The predicted octanol–water partition coefficient (Wildman–Crippen LogP) is 1.96. The Labute approximate surface area is 139 Å². The van der Waals surface area contributed by atoms with Crippen molar-refractivity contribution in [1.29, 1.82) is 0 Å². The summed E-state index contributed by atoms with van der Waals surface area (Å²) in [6.45, 7) is 6.98. The molecule has 0 aliphatic heterocycles. The average Bonchev–Trinajstić information content (AvgIpc) is 2.50. The van der Waals surface area contributed by atoms with Crippen LogP contribution in [0.4, 0.5) is 5.69 Å². The molecule has 0 radical (unpaired) electrons. The van der Waals surface area contributed by atoms with E-state index < -0.39 is 10.0 Å². The van der Waals surface area contributed by atoms with Crippen LogP contribution in [-0.4, -0.2) is 45.3 Å². The van der Waals surface area contributed by atoms with E-state index >= 15 is 0 Å². The highest BCUT2D eigenvalue weighted by molar-refractivity contribution is 7.89. The Morgan fingerprint density at radius 1 is 1.22 bits per heavy atom. The standard InChI is InChI=1S/C16H27N3O3S/c1-5-19(6-2)23(21,22)15-12-14(10-9-13(15)3)18-16(20)8-7-11-17-4/h9-10,12,17H,5-8,11H2,1-4H3,(H,18,20). The van der Waals surface area contributed by atoms with Gasteiger partial charge in [-0.2, -0.15) is 4.31 Å². The third kappa shape index (κ3) is 5.30. The molecule has 6 nitrogen and oxygen atoms in total. The minimum atomic E-state index is -3.54. The average molecular weight is 341 g/mol. The number of anilines is 1. The number of nitrogens with zero attached hydrogens (tertiary/aromatic N) is 1. The summed E-state index contributed by atoms with van der Waals surface area (Å²) in [6.07, 6.45) is 1.13. The second-order valence-electron chi connectivity index (χ2n) is 5.32. The molecule has 1 aromatic carbocycles. The minimum Gasteiger partial charge on any atom is -0.326 e. The van der Waals surface area contributed by atoms with Gasteiger partial charge in [-0.15, -0.1) is 0 Å². The summed E-state index contributed by atoms with van der Waals surface area (Å²) >= 11 is 0. The highest BCUT2D eigenvalue weighted by atomic mass is 32.2. The molecule has 1 aromatic rings. The van der Waals surface area contributed by atoms with E-state index in [2.05, 4.69) is 10.6 Å². The van der Waals surface area contributed by atoms with Crippen LogP contribution in [0, 0.1) is 6.92 Å². The number of aryl methyl sites for hydroxylation is 1. The number of sulfonamides is 1. The summed E-state index contributed by atoms with van der Waals surface area (Å²) < 4.78 is 26.7. The van der Waals surface area contributed by atoms with Crippen molar-refractivity contribution >= 4 is 21.6 Å². The number of hydrogen-bond donors (Lipinski definition) is 2. The van der Waals surface area contributed by atoms with Gasteiger partial charge in [0.2, 0.25) is 15.9 Å². The second kappa shape index (κ2) is 9.00. The molecule has 0 aromatic heterocycles. The van der Waals surface area contributed by atoms with Gasteiger partial charge in [0, 0.05) is 25.2 Å². The lowest BCUT2D eigenvalue weighted by Crippen LogP contribution is -2.31. The normalized spacial score (nSPS) is 11.7. The van der Waals surface area contributed by atoms with Crippen molar-refractivity contribution in [3.05, 3.63) is 23.8 Å². The first-order valence-electron chi connectivity index (χ1n) is 7.92. The van der Waals surface area contributed by atoms with Crippen molar-refractivity contribution < 1.29 is 13.2 Å². The maximum Gasteiger partial charge on any atom is 0.243 e. The van der Waals surface area contributed by atoms with Crippen molar-refractivity contribution in [2.24, 2.45) is 0 Å². The molecule has 0 aliphatic carbocycles. The quantitative estimate of drug-likeness (QED) is 0.673. The van der Waals surface area contributed by atoms with E-state index in [1.54, 1.807) is 25.1 Å². The summed E-state index contributed by atoms with van der Waals surface area (Å²) in [5.74, 6) is -0.115. The van der Waals surface area contributed by atoms with Crippen LogP contribution in [-0.2, 0) is 14.8 Å². The van der Waals surface area contributed by atoms with Crippen molar-refractivity contribution in [1.82, 2.24) is 9.62 Å². The molecule has 1 amide bonds. The Hall–Kier alpha value is -1.44. The molecule has 2 N–H and O–H groups in total. The molecular weight excluding hydrogens is 314 g/mol. The van der Waals surface area contributed by atoms with Gasteiger partial charge in [-0.05, 0) is 44.6 Å². The van der Waals surface area contributed by atoms with E-state index in [0.29, 0.717) is 30.8 Å². The van der Waals surface area contributed by atoms with Crippen LogP contribution in [0.15, 0.2) is 23.1 Å². The highest BCUT2D eigenvalue weighted by Gasteiger charge is 2.24. The van der Waals surface area contributed by atoms with Gasteiger partial charge < -0.3 is 10.6 Å². The van der Waals surface area contributed by atoms with Gasteiger partial charge in [-0.3, -0.25) is 4.79 Å². The zero-order valence-electron chi connectivity index (χ0n) is 14.3. The van der Waals surface area contributed by atoms with Crippen LogP contribution < -0.4 is 10.6 Å². The fourth-order valence-corrected chi connectivity index (χ4v) is 4.02. The molecule has 0 spiro atoms. The molecule has 0 unspecified atom stereocenters. The number of benzene rings is 1. The highest BCUT2D eigenvalue weighted by Crippen LogP contribution is 2.23. The molecule has 0 saturated carbocycles. The molecule has 23 heavy (non-hydrogen) atoms. The SMILES string of the molecule is CCN(CC)S(=O)(=O)c1cc(NC(=O)CCCNC)ccc1C. The minimum absolute atomic E-state index is 0.115. The van der Waals surface area contributed by atoms with Crippen molar-refractivity contribution in [2.75, 3.05) is 32.0 Å². The maximum absolute atomic E-state index is 12.7. The summed E-state index contributed by atoms with van der Waals surface area (Å²) in [5, 5.41) is 5.75. The first kappa shape index (κ1) is 19.6. The van der Waals surface area contributed by atoms with Crippen LogP contribution >= 0.6 is 0 Å². The molecule has 0 fully saturated rings. The van der Waals surface area contributed by atoms with E-state index in [0.717, 1.165) is 13.0 Å². The van der Waals surface area contributed by atoms with Crippen molar-refractivity contribution in [2.45, 2.75) is 38.5 Å². The van der Waals surface area contributed by atoms with E-state index in [4.69, 9.17) is 0 Å². The van der Waals surface area contributed by atoms with Gasteiger partial charge >= 0.3 is 0 Å². The van der Waals surface area contributed by atoms with Gasteiger partial charge in [0.1, 0.15) is 0 Å². The number of hydrogen-bond acceptors (Lipinski definition) is 4. The monoisotopic (exact) mass is 341 g/mol. The van der Waals surface area contributed by atoms with E-state index in [1.807, 2.05) is 20.9 Å². The lowest BCUT2D eigenvalue weighted by molar-refractivity contribution is -0.116. The number of carbonyl (C=O) groups excluding carboxylic acids is 1. The zero-order valence-corrected chi connectivity index (χ0v) is 15.2. The topological polar surface area (TPSA) is 78.5 Å². The maximum atomic E-state index is 12.7. The van der Waals surface area contributed by atoms with Crippen LogP contribution in [0.2, 0.25) is 0 Å². The largest absolute Gasteiger partial charge is 0.326 e. The number of rotatable bonds is 9. The zero-order chi connectivity index (χ0) is 17.5. The molecule has 0 heterocycles. The molecular formula is C16H27N3O3S. The molecule has 0 aliphatic rings. The molecule has 0 saturated heterocycles. The fourth-order valence-electron chi connectivity index (χ4n) is 2.31. The van der Waals surface area contributed by atoms with Crippen LogP contribution in [0.3, 0.4) is 0 Å². The molecule has 130 valence electrons. The molecule has 0 bridgehead atoms. The number of amides is 1. The third-order valence-corrected chi connectivity index (χ3v) is 5.82. The van der Waals surface area contributed by atoms with Crippen molar-refractivity contribution in [3.8, 4) is 0 Å². The Morgan fingerprint density at radius 3 is 2.43 bits per heavy atom. The summed E-state index contributed by atoms with van der Waals surface area (Å²) in [4.78, 5) is 12.1. The van der Waals surface area contributed by atoms with E-state index in [1.165, 1.54) is 4.31 Å². The summed E-state index contributed by atoms with van der Waals surface area (Å²) in [5.41, 5.74) is 1.18. The van der Waals surface area contributed by atoms with Gasteiger partial charge in [-0.25, -0.2) is 8.42 Å². The Balaban J connectivity index is 2.98. The Morgan fingerprint density at radius 2 is 1.87 bits per heavy atom. The smallest absolute Gasteiger partial charge is 0.243 e. The van der Waals surface area contributed by atoms with Crippen molar-refractivity contribution in [3.63, 3.8) is 0 Å². The van der Waals surface area contributed by atoms with Crippen LogP contribution in [0.5, 0.6) is 0 Å². The van der Waals surface area contributed by atoms with E-state index in [-0.39, 0.29) is 10.8 Å². The molecule has 0 atom stereocenters. The first-order chi connectivity index (χ1) is 10.9. The summed E-state index contributed by atoms with van der Waals surface area (Å²) in [7, 11) is -1.70. The van der Waals surface area contributed by atoms with Gasteiger partial charge in [0.25, 0.3) is 0 Å². The number of nitrogens with one attached hydrogen (secondary N) is 2. The third-order valence-electron chi connectivity index (χ3n) is 3.63. The van der Waals surface area contributed by atoms with Gasteiger partial charge in [0.05, 0.1) is 4.90 Å². The predicted molar refractivity (Wildman–Crippen MR) is 93.1 cm³/mol. The molecule has 1 rings (SSSR count). The van der Waals surface area contributed by atoms with Gasteiger partial charge in [-0.1, -0.05) is 19.9 Å². The Kier molecular flexibility index (Phi) is 7.67. The number of carbonyl (C=O) groups is 1.